The van der Waals surface area contributed by atoms with Crippen LogP contribution >= 0.6 is 0 Å². The average molecular weight is 426 g/mol. The van der Waals surface area contributed by atoms with E-state index in [0.29, 0.717) is 30.9 Å². The summed E-state index contributed by atoms with van der Waals surface area (Å²) in [7, 11) is 0. The summed E-state index contributed by atoms with van der Waals surface area (Å²) >= 11 is -1.66. The third kappa shape index (κ3) is 3.39. The zero-order valence-corrected chi connectivity index (χ0v) is 17.8. The van der Waals surface area contributed by atoms with Gasteiger partial charge in [0.25, 0.3) is 0 Å². The predicted octanol–water partition coefficient (Wildman–Crippen LogP) is 2.60. The lowest BCUT2D eigenvalue weighted by atomic mass is 9.46. The number of esters is 1. The van der Waals surface area contributed by atoms with E-state index in [4.69, 9.17) is 13.1 Å². The van der Waals surface area contributed by atoms with Crippen molar-refractivity contribution in [3.63, 3.8) is 0 Å². The molecule has 8 heteroatoms. The maximum atomic E-state index is 12.1. The molecule has 7 nitrogen and oxygen atoms in total. The first kappa shape index (κ1) is 20.8. The van der Waals surface area contributed by atoms with E-state index in [1.807, 2.05) is 6.08 Å². The Hall–Kier alpha value is -1.51. The van der Waals surface area contributed by atoms with Gasteiger partial charge in [0.05, 0.1) is 24.3 Å². The van der Waals surface area contributed by atoms with Gasteiger partial charge in [-0.15, -0.1) is 0 Å². The first-order chi connectivity index (χ1) is 13.8. The van der Waals surface area contributed by atoms with Crippen molar-refractivity contribution < 1.29 is 28.3 Å². The van der Waals surface area contributed by atoms with Gasteiger partial charge in [-0.2, -0.15) is 4.21 Å². The third-order valence-corrected chi connectivity index (χ3v) is 8.51. The fourth-order valence-electron chi connectivity index (χ4n) is 6.22. The van der Waals surface area contributed by atoms with Crippen molar-refractivity contribution in [3.05, 3.63) is 23.8 Å². The van der Waals surface area contributed by atoms with Crippen molar-refractivity contribution in [2.45, 2.75) is 58.1 Å². The van der Waals surface area contributed by atoms with Crippen LogP contribution in [-0.2, 0) is 34.1 Å². The van der Waals surface area contributed by atoms with E-state index in [1.165, 1.54) is 5.57 Å². The molecule has 2 saturated heterocycles. The lowest BCUT2D eigenvalue weighted by Gasteiger charge is -2.61. The second-order valence-corrected chi connectivity index (χ2v) is 10.1. The van der Waals surface area contributed by atoms with E-state index >= 15 is 0 Å². The van der Waals surface area contributed by atoms with E-state index in [1.54, 1.807) is 0 Å². The number of carbonyl (C=O) groups excluding carboxylic acids is 2. The predicted molar refractivity (Wildman–Crippen MR) is 109 cm³/mol. The summed E-state index contributed by atoms with van der Waals surface area (Å²) in [6.07, 6.45) is 6.85. The van der Waals surface area contributed by atoms with Gasteiger partial charge in [0.2, 0.25) is 6.41 Å². The van der Waals surface area contributed by atoms with Crippen molar-refractivity contribution in [1.29, 1.82) is 0 Å². The maximum Gasteiger partial charge on any atom is 0.336 e. The number of nitrogens with one attached hydrogen (secondary N) is 1. The summed E-state index contributed by atoms with van der Waals surface area (Å²) < 4.78 is 27.9. The smallest absolute Gasteiger partial charge is 0.336 e. The summed E-state index contributed by atoms with van der Waals surface area (Å²) in [5, 5.41) is 2.66. The van der Waals surface area contributed by atoms with Crippen molar-refractivity contribution in [1.82, 2.24) is 5.32 Å². The summed E-state index contributed by atoms with van der Waals surface area (Å²) in [4.78, 5) is 23.0. The van der Waals surface area contributed by atoms with Gasteiger partial charge in [-0.05, 0) is 49.4 Å². The first-order valence-electron chi connectivity index (χ1n) is 10.3. The molecule has 7 atom stereocenters. The molecule has 4 aliphatic rings. The second-order valence-electron chi connectivity index (χ2n) is 9.23. The molecule has 0 bridgehead atoms. The highest BCUT2D eigenvalue weighted by molar-refractivity contribution is 7.75. The molecule has 2 saturated carbocycles. The molecule has 2 unspecified atom stereocenters. The van der Waals surface area contributed by atoms with Crippen LogP contribution in [0.1, 0.15) is 47.4 Å². The van der Waals surface area contributed by atoms with Gasteiger partial charge in [0.1, 0.15) is 6.61 Å². The maximum absolute atomic E-state index is 12.1. The summed E-state index contributed by atoms with van der Waals surface area (Å²) in [6.45, 7) is 9.48. The lowest BCUT2D eigenvalue weighted by Crippen LogP contribution is -2.60. The van der Waals surface area contributed by atoms with Crippen molar-refractivity contribution in [3.8, 4) is 0 Å². The number of rotatable bonds is 4. The Morgan fingerprint density at radius 1 is 1.34 bits per heavy atom. The van der Waals surface area contributed by atoms with E-state index in [-0.39, 0.29) is 42.9 Å². The van der Waals surface area contributed by atoms with Crippen LogP contribution in [0.25, 0.3) is 0 Å². The monoisotopic (exact) mass is 425 g/mol. The van der Waals surface area contributed by atoms with Crippen LogP contribution in [0.3, 0.4) is 0 Å². The van der Waals surface area contributed by atoms with Crippen LogP contribution in [-0.4, -0.2) is 41.9 Å². The molecular weight excluding hydrogens is 394 g/mol. The van der Waals surface area contributed by atoms with Gasteiger partial charge in [0.15, 0.2) is 0 Å². The van der Waals surface area contributed by atoms with Crippen molar-refractivity contribution in [2.75, 3.05) is 13.2 Å². The Morgan fingerprint density at radius 2 is 2.14 bits per heavy atom. The number of carbonyl (C=O) groups is 2. The van der Waals surface area contributed by atoms with Gasteiger partial charge in [-0.1, -0.05) is 32.1 Å². The highest BCUT2D eigenvalue weighted by atomic mass is 32.2. The van der Waals surface area contributed by atoms with Crippen molar-refractivity contribution in [2.24, 2.45) is 22.7 Å². The fourth-order valence-corrected chi connectivity index (χ4v) is 7.13. The number of allylic oxidation sites excluding steroid dienone is 2. The summed E-state index contributed by atoms with van der Waals surface area (Å²) in [5.74, 6) is 0.198. The Labute approximate surface area is 175 Å². The molecular formula is C21H31NO6S. The SMILES string of the molecule is C=C1CC[C@H]2[C@@](C)(CCC3OS(=O)OC[C@]32C)[C@@H]1C/C=C1/C(=O)OC[C@@H]1NC=O.[HH]. The zero-order chi connectivity index (χ0) is 20.8. The molecule has 2 heterocycles. The van der Waals surface area contributed by atoms with E-state index in [0.717, 1.165) is 25.7 Å². The van der Waals surface area contributed by atoms with Gasteiger partial charge in [-0.3, -0.25) is 13.2 Å². The average Bonchev–Trinajstić information content (AvgIpc) is 3.02. The Morgan fingerprint density at radius 3 is 2.90 bits per heavy atom. The van der Waals surface area contributed by atoms with Crippen LogP contribution in [0, 0.1) is 22.7 Å². The number of hydrogen-bond donors (Lipinski definition) is 1. The molecule has 0 radical (unpaired) electrons. The van der Waals surface area contributed by atoms with Crippen LogP contribution in [0.2, 0.25) is 0 Å². The largest absolute Gasteiger partial charge is 0.460 e. The highest BCUT2D eigenvalue weighted by Gasteiger charge is 2.60. The Balaban J connectivity index is 0.00000256. The molecule has 2 aliphatic heterocycles. The quantitative estimate of drug-likeness (QED) is 0.322. The minimum Gasteiger partial charge on any atom is -0.460 e. The standard InChI is InChI=1S/C21H29NO6S.H2/c1-13-4-7-17-20(2,9-8-18-21(17,3)11-27-29(25)28-18)15(13)6-5-14-16(22-12-23)10-26-19(14)24;/h5,12,15-18H,1,4,6-11H2,2-3H3,(H,22,23);1H/b14-5+;/t15-,16+,17+,18?,20+,21+,29?;/m1./s1. The van der Waals surface area contributed by atoms with Crippen LogP contribution < -0.4 is 5.32 Å². The lowest BCUT2D eigenvalue weighted by molar-refractivity contribution is -0.154. The highest BCUT2D eigenvalue weighted by Crippen LogP contribution is 2.63. The van der Waals surface area contributed by atoms with Crippen molar-refractivity contribution >= 4 is 23.7 Å². The van der Waals surface area contributed by atoms with Crippen LogP contribution in [0.15, 0.2) is 23.8 Å². The van der Waals surface area contributed by atoms with E-state index < -0.39 is 11.4 Å². The zero-order valence-electron chi connectivity index (χ0n) is 17.0. The summed E-state index contributed by atoms with van der Waals surface area (Å²) in [6, 6.07) is -0.385. The molecule has 1 amide bonds. The Bertz CT molecular complexity index is 787. The molecule has 0 aromatic carbocycles. The molecule has 4 fully saturated rings. The topological polar surface area (TPSA) is 90.9 Å². The normalized spacial score (nSPS) is 46.0. The first-order valence-corrected chi connectivity index (χ1v) is 11.3. The van der Waals surface area contributed by atoms with Crippen LogP contribution in [0.4, 0.5) is 0 Å². The number of amides is 1. The van der Waals surface area contributed by atoms with Gasteiger partial charge in [0, 0.05) is 6.84 Å². The molecule has 1 N–H and O–H groups in total. The molecule has 162 valence electrons. The molecule has 29 heavy (non-hydrogen) atoms. The Kier molecular flexibility index (Phi) is 5.46. The van der Waals surface area contributed by atoms with Gasteiger partial charge >= 0.3 is 17.3 Å². The number of ether oxygens (including phenoxy) is 1. The minimum absolute atomic E-state index is 0. The molecule has 0 aromatic heterocycles. The number of fused-ring (bicyclic) bond motifs is 3. The second kappa shape index (κ2) is 7.63. The third-order valence-electron chi connectivity index (χ3n) is 7.81. The minimum atomic E-state index is -1.66. The number of hydrogen-bond acceptors (Lipinski definition) is 6. The molecule has 4 rings (SSSR count). The fraction of sp³-hybridized carbons (Fsp3) is 0.714. The van der Waals surface area contributed by atoms with Gasteiger partial charge in [-0.25, -0.2) is 4.79 Å². The van der Waals surface area contributed by atoms with E-state index in [2.05, 4.69) is 25.7 Å². The van der Waals surface area contributed by atoms with Gasteiger partial charge < -0.3 is 10.1 Å². The summed E-state index contributed by atoms with van der Waals surface area (Å²) in [5.41, 5.74) is 1.52. The molecule has 0 spiro atoms. The number of cyclic esters (lactones) is 1. The van der Waals surface area contributed by atoms with E-state index in [9.17, 15) is 13.8 Å². The molecule has 0 aromatic rings. The molecule has 2 aliphatic carbocycles. The van der Waals surface area contributed by atoms with Crippen LogP contribution in [0.5, 0.6) is 0 Å².